The molecule has 0 amide bonds. The molecule has 12 nitrogen and oxygen atoms in total. The van der Waals surface area contributed by atoms with E-state index in [2.05, 4.69) is 63.6 Å². The highest BCUT2D eigenvalue weighted by Gasteiger charge is 2.22. The maximum atomic E-state index is 10.9. The lowest BCUT2D eigenvalue weighted by Crippen LogP contribution is -2.48. The highest BCUT2D eigenvalue weighted by Crippen LogP contribution is 2.32. The molecule has 2 heterocycles. The number of methoxy groups -OCH3 is 2. The second kappa shape index (κ2) is 16.9. The maximum Gasteiger partial charge on any atom is 0.311 e. The fourth-order valence-electron chi connectivity index (χ4n) is 4.45. The van der Waals surface area contributed by atoms with Gasteiger partial charge in [-0.05, 0) is 26.0 Å². The highest BCUT2D eigenvalue weighted by atomic mass is 79.9. The summed E-state index contributed by atoms with van der Waals surface area (Å²) >= 11 is 3.27. The summed E-state index contributed by atoms with van der Waals surface area (Å²) in [7, 11) is 2.91. The number of rotatable bonds is 7. The van der Waals surface area contributed by atoms with Crippen LogP contribution >= 0.6 is 15.9 Å². The van der Waals surface area contributed by atoms with Crippen molar-refractivity contribution in [1.82, 2.24) is 10.2 Å². The Balaban J connectivity index is 0.000000256. The molecule has 0 spiro atoms. The van der Waals surface area contributed by atoms with Crippen LogP contribution in [0.1, 0.15) is 27.7 Å². The monoisotopic (exact) mass is 638 g/mol. The van der Waals surface area contributed by atoms with E-state index in [0.717, 1.165) is 63.7 Å². The Kier molecular flexibility index (Phi) is 14.1. The highest BCUT2D eigenvalue weighted by molar-refractivity contribution is 9.09. The van der Waals surface area contributed by atoms with E-state index in [4.69, 9.17) is 9.47 Å². The normalized spacial score (nSPS) is 15.4. The van der Waals surface area contributed by atoms with Gasteiger partial charge in [0.15, 0.2) is 11.5 Å². The third kappa shape index (κ3) is 10.6. The largest absolute Gasteiger partial charge is 0.490 e. The molecule has 2 saturated heterocycles. The number of halogens is 1. The molecule has 2 aromatic carbocycles. The first kappa shape index (κ1) is 34.0. The molecule has 0 aliphatic carbocycles. The zero-order valence-electron chi connectivity index (χ0n) is 24.8. The molecule has 228 valence electrons. The van der Waals surface area contributed by atoms with Crippen molar-refractivity contribution in [3.05, 3.63) is 56.6 Å². The van der Waals surface area contributed by atoms with Crippen LogP contribution in [0, 0.1) is 20.2 Å². The van der Waals surface area contributed by atoms with Gasteiger partial charge in [-0.1, -0.05) is 29.8 Å². The van der Waals surface area contributed by atoms with E-state index in [0.29, 0.717) is 22.4 Å². The van der Waals surface area contributed by atoms with Crippen LogP contribution in [-0.4, -0.2) is 92.2 Å². The molecule has 1 N–H and O–H groups in total. The number of alkyl halides is 1. The summed E-state index contributed by atoms with van der Waals surface area (Å²) in [5, 5.41) is 24.9. The number of nitro benzene ring substituents is 2. The van der Waals surface area contributed by atoms with Gasteiger partial charge in [0.2, 0.25) is 0 Å². The van der Waals surface area contributed by atoms with Crippen molar-refractivity contribution in [2.24, 2.45) is 0 Å². The minimum absolute atomic E-state index is 0.00591. The molecule has 0 radical (unpaired) electrons. The van der Waals surface area contributed by atoms with Gasteiger partial charge < -0.3 is 24.6 Å². The number of nitrogens with zero attached hydrogens (tertiary/aromatic N) is 5. The zero-order valence-corrected chi connectivity index (χ0v) is 26.4. The van der Waals surface area contributed by atoms with E-state index >= 15 is 0 Å². The Bertz CT molecular complexity index is 1120. The van der Waals surface area contributed by atoms with Crippen LogP contribution in [0.5, 0.6) is 11.5 Å². The van der Waals surface area contributed by atoms with Crippen LogP contribution in [0.4, 0.5) is 22.7 Å². The second-order valence-corrected chi connectivity index (χ2v) is 11.9. The Morgan fingerprint density at radius 3 is 1.49 bits per heavy atom. The summed E-state index contributed by atoms with van der Waals surface area (Å²) in [5.41, 5.74) is 1.97. The summed E-state index contributed by atoms with van der Waals surface area (Å²) in [5.74, 6) is 0.629. The van der Waals surface area contributed by atoms with Crippen LogP contribution in [0.2, 0.25) is 0 Å². The van der Waals surface area contributed by atoms with E-state index < -0.39 is 9.85 Å². The lowest BCUT2D eigenvalue weighted by Gasteiger charge is -2.38. The van der Waals surface area contributed by atoms with Crippen LogP contribution in [-0.2, 0) is 0 Å². The summed E-state index contributed by atoms with van der Waals surface area (Å²) in [6.45, 7) is 16.1. The number of hydrogen-bond donors (Lipinski definition) is 1. The fraction of sp³-hybridized carbons (Fsp3) is 0.571. The quantitative estimate of drug-likeness (QED) is 0.253. The van der Waals surface area contributed by atoms with Crippen molar-refractivity contribution in [1.29, 1.82) is 0 Å². The van der Waals surface area contributed by atoms with Gasteiger partial charge >= 0.3 is 11.4 Å². The van der Waals surface area contributed by atoms with E-state index in [9.17, 15) is 20.2 Å². The molecule has 0 atom stereocenters. The minimum atomic E-state index is -0.430. The number of piperazine rings is 2. The molecule has 13 heteroatoms. The van der Waals surface area contributed by atoms with Crippen LogP contribution in [0.25, 0.3) is 0 Å². The van der Waals surface area contributed by atoms with Gasteiger partial charge in [-0.3, -0.25) is 25.1 Å². The summed E-state index contributed by atoms with van der Waals surface area (Å²) in [6, 6.07) is 10.6. The molecular formula is C28H43BrN6O6. The summed E-state index contributed by atoms with van der Waals surface area (Å²) in [4.78, 5) is 28.3. The predicted octanol–water partition coefficient (Wildman–Crippen LogP) is 4.94. The maximum absolute atomic E-state index is 10.9. The van der Waals surface area contributed by atoms with Crippen LogP contribution < -0.4 is 24.6 Å². The van der Waals surface area contributed by atoms with Crippen molar-refractivity contribution in [3.8, 4) is 11.5 Å². The van der Waals surface area contributed by atoms with Crippen LogP contribution in [0.3, 0.4) is 0 Å². The van der Waals surface area contributed by atoms with E-state index in [1.54, 1.807) is 24.3 Å². The van der Waals surface area contributed by atoms with Gasteiger partial charge in [0.05, 0.1) is 24.1 Å². The van der Waals surface area contributed by atoms with Crippen molar-refractivity contribution >= 4 is 38.7 Å². The summed E-state index contributed by atoms with van der Waals surface area (Å²) < 4.78 is 10.2. The van der Waals surface area contributed by atoms with Gasteiger partial charge in [0.25, 0.3) is 0 Å². The number of benzene rings is 2. The SMILES string of the molecule is CC(C)Br.COc1cc(N2CCN(C(C)C)CC2)ccc1[N+](=O)[O-].COc1cc(N2CCNCC2)ccc1[N+](=O)[O-]. The zero-order chi connectivity index (χ0) is 30.5. The van der Waals surface area contributed by atoms with Gasteiger partial charge in [-0.25, -0.2) is 0 Å². The molecule has 4 rings (SSSR count). The van der Waals surface area contributed by atoms with Crippen molar-refractivity contribution in [3.63, 3.8) is 0 Å². The van der Waals surface area contributed by atoms with Gasteiger partial charge in [-0.15, -0.1) is 0 Å². The molecule has 2 aliphatic rings. The number of anilines is 2. The third-order valence-electron chi connectivity index (χ3n) is 6.61. The Morgan fingerprint density at radius 1 is 0.756 bits per heavy atom. The molecule has 0 saturated carbocycles. The minimum Gasteiger partial charge on any atom is -0.490 e. The second-order valence-electron chi connectivity index (χ2n) is 10.1. The smallest absolute Gasteiger partial charge is 0.311 e. The van der Waals surface area contributed by atoms with Gasteiger partial charge in [-0.2, -0.15) is 0 Å². The summed E-state index contributed by atoms with van der Waals surface area (Å²) in [6.07, 6.45) is 0. The van der Waals surface area contributed by atoms with Gasteiger partial charge in [0, 0.05) is 98.9 Å². The predicted molar refractivity (Wildman–Crippen MR) is 167 cm³/mol. The van der Waals surface area contributed by atoms with Crippen LogP contribution in [0.15, 0.2) is 36.4 Å². The molecule has 0 unspecified atom stereocenters. The number of nitrogens with one attached hydrogen (secondary N) is 1. The standard InChI is InChI=1S/C14H21N3O3.C11H15N3O3.C3H7Br/c1-11(2)15-6-8-16(9-7-15)12-4-5-13(17(18)19)14(10-12)20-3;1-17-11-8-9(2-3-10(11)14(15)16)13-6-4-12-5-7-13;1-3(2)4/h4-5,10-11H,6-9H2,1-3H3;2-3,8,12H,4-7H2,1H3;3H,1-2H3. The topological polar surface area (TPSA) is 126 Å². The van der Waals surface area contributed by atoms with Crippen molar-refractivity contribution in [2.75, 3.05) is 76.4 Å². The Morgan fingerprint density at radius 2 is 1.15 bits per heavy atom. The van der Waals surface area contributed by atoms with E-state index in [-0.39, 0.29) is 11.4 Å². The van der Waals surface area contributed by atoms with Gasteiger partial charge in [0.1, 0.15) is 0 Å². The first-order chi connectivity index (χ1) is 19.5. The molecule has 41 heavy (non-hydrogen) atoms. The van der Waals surface area contributed by atoms with Crippen molar-refractivity contribution in [2.45, 2.75) is 38.6 Å². The number of nitro groups is 2. The molecule has 2 aliphatic heterocycles. The number of ether oxygens (including phenoxy) is 2. The molecule has 2 fully saturated rings. The lowest BCUT2D eigenvalue weighted by molar-refractivity contribution is -0.385. The Hall–Kier alpha value is -3.16. The molecule has 2 aromatic rings. The first-order valence-electron chi connectivity index (χ1n) is 13.7. The van der Waals surface area contributed by atoms with Crippen molar-refractivity contribution < 1.29 is 19.3 Å². The molecular weight excluding hydrogens is 596 g/mol. The molecule has 0 bridgehead atoms. The fourth-order valence-corrected chi connectivity index (χ4v) is 4.45. The average molecular weight is 640 g/mol. The number of hydrogen-bond acceptors (Lipinski definition) is 10. The van der Waals surface area contributed by atoms with E-state index in [1.165, 1.54) is 26.4 Å². The third-order valence-corrected chi connectivity index (χ3v) is 6.61. The average Bonchev–Trinajstić information content (AvgIpc) is 2.96. The lowest BCUT2D eigenvalue weighted by atomic mass is 10.2. The first-order valence-corrected chi connectivity index (χ1v) is 14.6. The molecule has 0 aromatic heterocycles. The Labute approximate surface area is 251 Å². The van der Waals surface area contributed by atoms with E-state index in [1.807, 2.05) is 0 Å².